The molecule has 0 aromatic heterocycles. The van der Waals surface area contributed by atoms with Crippen molar-refractivity contribution in [1.29, 1.82) is 0 Å². The van der Waals surface area contributed by atoms with Crippen LogP contribution in [0.25, 0.3) is 0 Å². The molecule has 0 atom stereocenters. The molecule has 0 heterocycles. The molecule has 0 radical (unpaired) electrons. The van der Waals surface area contributed by atoms with Crippen molar-refractivity contribution in [2.45, 2.75) is 0 Å². The fourth-order valence-corrected chi connectivity index (χ4v) is 1.31. The zero-order valence-electron chi connectivity index (χ0n) is 12.5. The van der Waals surface area contributed by atoms with Crippen molar-refractivity contribution in [3.63, 3.8) is 0 Å². The van der Waals surface area contributed by atoms with Gasteiger partial charge in [0.05, 0.1) is 11.1 Å². The smallest absolute Gasteiger partial charge is 0.335 e. The molecule has 2 aromatic carbocycles. The molecule has 11 heteroatoms. The minimum Gasteiger partial charge on any atom is -0.504 e. The second-order valence-electron chi connectivity index (χ2n) is 4.02. The molecule has 11 nitrogen and oxygen atoms in total. The molecule has 0 fully saturated rings. The van der Waals surface area contributed by atoms with Gasteiger partial charge in [-0.15, -0.1) is 0 Å². The molecule has 0 aliphatic carbocycles. The van der Waals surface area contributed by atoms with Gasteiger partial charge in [-0.3, -0.25) is 0 Å². The highest BCUT2D eigenvalue weighted by molar-refractivity contribution is 5.88. The summed E-state index contributed by atoms with van der Waals surface area (Å²) in [6, 6.07) is 6.63. The van der Waals surface area contributed by atoms with Crippen molar-refractivity contribution in [2.24, 2.45) is 0 Å². The molecular formula is C14H18O11. The Morgan fingerprint density at radius 3 is 1.04 bits per heavy atom. The molecule has 12 N–H and O–H groups in total. The van der Waals surface area contributed by atoms with Gasteiger partial charge in [-0.1, -0.05) is 0 Å². The summed E-state index contributed by atoms with van der Waals surface area (Å²) in [6.45, 7) is 0. The number of phenols is 4. The number of carboxylic acids is 2. The average molecular weight is 362 g/mol. The lowest BCUT2D eigenvalue weighted by Crippen LogP contribution is -1.94. The van der Waals surface area contributed by atoms with E-state index in [-0.39, 0.29) is 39.1 Å². The molecule has 0 unspecified atom stereocenters. The molecule has 2 aromatic rings. The van der Waals surface area contributed by atoms with E-state index in [2.05, 4.69) is 0 Å². The molecule has 0 bridgehead atoms. The van der Waals surface area contributed by atoms with Crippen LogP contribution in [0.5, 0.6) is 23.0 Å². The highest BCUT2D eigenvalue weighted by Crippen LogP contribution is 2.25. The van der Waals surface area contributed by atoms with Gasteiger partial charge in [-0.25, -0.2) is 9.59 Å². The Balaban J connectivity index is -0.000000346. The minimum atomic E-state index is -1.14. The monoisotopic (exact) mass is 362 g/mol. The van der Waals surface area contributed by atoms with E-state index in [1.54, 1.807) is 0 Å². The maximum absolute atomic E-state index is 10.3. The van der Waals surface area contributed by atoms with Gasteiger partial charge in [-0.2, -0.15) is 0 Å². The van der Waals surface area contributed by atoms with Crippen LogP contribution in [-0.2, 0) is 0 Å². The largest absolute Gasteiger partial charge is 0.504 e. The Kier molecular flexibility index (Phi) is 11.7. The summed E-state index contributed by atoms with van der Waals surface area (Å²) in [4.78, 5) is 20.5. The molecule has 2 rings (SSSR count). The Morgan fingerprint density at radius 2 is 0.840 bits per heavy atom. The summed E-state index contributed by atoms with van der Waals surface area (Å²) < 4.78 is 0. The number of aromatic hydroxyl groups is 4. The molecule has 25 heavy (non-hydrogen) atoms. The second-order valence-corrected chi connectivity index (χ2v) is 4.02. The standard InChI is InChI=1S/2C7H6O4.3H2O/c2*8-5-2-1-4(7(10)11)3-6(5)9;;;/h2*1-3,8-9H,(H,10,11);3*1H2. The van der Waals surface area contributed by atoms with Crippen molar-refractivity contribution in [3.05, 3.63) is 47.5 Å². The maximum Gasteiger partial charge on any atom is 0.335 e. The van der Waals surface area contributed by atoms with Crippen LogP contribution in [0.4, 0.5) is 0 Å². The van der Waals surface area contributed by atoms with Crippen molar-refractivity contribution in [3.8, 4) is 23.0 Å². The summed E-state index contributed by atoms with van der Waals surface area (Å²) in [5, 5.41) is 52.1. The molecular weight excluding hydrogens is 344 g/mol. The maximum atomic E-state index is 10.3. The first-order chi connectivity index (χ1) is 10.2. The van der Waals surface area contributed by atoms with Gasteiger partial charge < -0.3 is 47.1 Å². The van der Waals surface area contributed by atoms with E-state index >= 15 is 0 Å². The Bertz CT molecular complexity index is 650. The van der Waals surface area contributed by atoms with Gasteiger partial charge in [0.25, 0.3) is 0 Å². The lowest BCUT2D eigenvalue weighted by molar-refractivity contribution is 0.0685. The van der Waals surface area contributed by atoms with Crippen LogP contribution >= 0.6 is 0 Å². The number of benzene rings is 2. The first-order valence-corrected chi connectivity index (χ1v) is 5.73. The van der Waals surface area contributed by atoms with Crippen LogP contribution in [0.2, 0.25) is 0 Å². The Hall–Kier alpha value is -3.54. The number of carboxylic acid groups (broad SMARTS) is 2. The zero-order chi connectivity index (χ0) is 16.9. The SMILES string of the molecule is O.O.O.O=C(O)c1ccc(O)c(O)c1.O=C(O)c1ccc(O)c(O)c1. The predicted octanol–water partition coefficient (Wildman–Crippen LogP) is -0.882. The van der Waals surface area contributed by atoms with Gasteiger partial charge in [0, 0.05) is 0 Å². The fourth-order valence-electron chi connectivity index (χ4n) is 1.31. The first-order valence-electron chi connectivity index (χ1n) is 5.73. The number of hydrogen-bond donors (Lipinski definition) is 6. The van der Waals surface area contributed by atoms with E-state index in [0.29, 0.717) is 0 Å². The molecule has 0 aliphatic heterocycles. The lowest BCUT2D eigenvalue weighted by atomic mass is 10.2. The van der Waals surface area contributed by atoms with Gasteiger partial charge >= 0.3 is 11.9 Å². The highest BCUT2D eigenvalue weighted by atomic mass is 16.4. The summed E-state index contributed by atoms with van der Waals surface area (Å²) in [5.74, 6) is -3.78. The molecule has 0 aliphatic rings. The summed E-state index contributed by atoms with van der Waals surface area (Å²) >= 11 is 0. The van der Waals surface area contributed by atoms with Crippen LogP contribution in [-0.4, -0.2) is 59.0 Å². The minimum absolute atomic E-state index is 0. The summed E-state index contributed by atoms with van der Waals surface area (Å²) in [6.07, 6.45) is 0. The van der Waals surface area contributed by atoms with Gasteiger partial charge in [0.1, 0.15) is 0 Å². The van der Waals surface area contributed by atoms with Crippen LogP contribution in [0.3, 0.4) is 0 Å². The summed E-state index contributed by atoms with van der Waals surface area (Å²) in [5.41, 5.74) is -0.111. The lowest BCUT2D eigenvalue weighted by Gasteiger charge is -1.97. The number of hydrogen-bond acceptors (Lipinski definition) is 6. The average Bonchev–Trinajstić information content (AvgIpc) is 2.45. The fraction of sp³-hybridized carbons (Fsp3) is 0. The Morgan fingerprint density at radius 1 is 0.560 bits per heavy atom. The molecule has 0 amide bonds. The van der Waals surface area contributed by atoms with Crippen LogP contribution in [0.1, 0.15) is 20.7 Å². The first kappa shape index (κ1) is 26.4. The van der Waals surface area contributed by atoms with Gasteiger partial charge in [-0.05, 0) is 36.4 Å². The number of aromatic carboxylic acids is 2. The van der Waals surface area contributed by atoms with Crippen LogP contribution in [0.15, 0.2) is 36.4 Å². The van der Waals surface area contributed by atoms with E-state index in [4.69, 9.17) is 30.6 Å². The normalized spacial score (nSPS) is 8.32. The third-order valence-electron chi connectivity index (χ3n) is 2.44. The van der Waals surface area contributed by atoms with E-state index in [1.165, 1.54) is 12.1 Å². The van der Waals surface area contributed by atoms with Crippen LogP contribution < -0.4 is 0 Å². The van der Waals surface area contributed by atoms with Gasteiger partial charge in [0.15, 0.2) is 23.0 Å². The molecule has 0 saturated carbocycles. The van der Waals surface area contributed by atoms with E-state index < -0.39 is 23.4 Å². The quantitative estimate of drug-likeness (QED) is 0.365. The van der Waals surface area contributed by atoms with E-state index in [9.17, 15) is 9.59 Å². The van der Waals surface area contributed by atoms with Crippen molar-refractivity contribution >= 4 is 11.9 Å². The number of carbonyl (C=O) groups is 2. The van der Waals surface area contributed by atoms with E-state index in [1.807, 2.05) is 0 Å². The third kappa shape index (κ3) is 7.51. The third-order valence-corrected chi connectivity index (χ3v) is 2.44. The molecule has 140 valence electrons. The van der Waals surface area contributed by atoms with Crippen molar-refractivity contribution in [2.75, 3.05) is 0 Å². The zero-order valence-corrected chi connectivity index (χ0v) is 12.5. The Labute approximate surface area is 140 Å². The molecule has 0 spiro atoms. The van der Waals surface area contributed by atoms with Crippen molar-refractivity contribution in [1.82, 2.24) is 0 Å². The summed E-state index contributed by atoms with van der Waals surface area (Å²) in [7, 11) is 0. The topological polar surface area (TPSA) is 250 Å². The number of phenolic OH excluding ortho intramolecular Hbond substituents is 4. The molecule has 0 saturated heterocycles. The second kappa shape index (κ2) is 11.1. The van der Waals surface area contributed by atoms with Gasteiger partial charge in [0.2, 0.25) is 0 Å². The van der Waals surface area contributed by atoms with Crippen LogP contribution in [0, 0.1) is 0 Å². The van der Waals surface area contributed by atoms with E-state index in [0.717, 1.165) is 24.3 Å². The highest BCUT2D eigenvalue weighted by Gasteiger charge is 2.06. The van der Waals surface area contributed by atoms with Crippen molar-refractivity contribution < 1.29 is 56.7 Å². The predicted molar refractivity (Wildman–Crippen MR) is 84.3 cm³/mol. The number of rotatable bonds is 2.